The van der Waals surface area contributed by atoms with Crippen LogP contribution in [0.5, 0.6) is 5.75 Å². The van der Waals surface area contributed by atoms with Gasteiger partial charge in [0.2, 0.25) is 0 Å². The van der Waals surface area contributed by atoms with Crippen molar-refractivity contribution in [2.45, 2.75) is 4.21 Å². The topological polar surface area (TPSA) is 110 Å². The first-order chi connectivity index (χ1) is 12.9. The molecule has 2 heterocycles. The van der Waals surface area contributed by atoms with Gasteiger partial charge in [-0.05, 0) is 23.6 Å². The summed E-state index contributed by atoms with van der Waals surface area (Å²) in [6.45, 7) is 0.768. The summed E-state index contributed by atoms with van der Waals surface area (Å²) in [5.41, 5.74) is 5.49. The Balaban J connectivity index is 1.56. The van der Waals surface area contributed by atoms with E-state index in [1.807, 2.05) is 0 Å². The first kappa shape index (κ1) is 19.3. The lowest BCUT2D eigenvalue weighted by Gasteiger charge is -2.33. The Morgan fingerprint density at radius 2 is 1.78 bits per heavy atom. The number of piperazine rings is 1. The Morgan fingerprint density at radius 3 is 2.41 bits per heavy atom. The van der Waals surface area contributed by atoms with Crippen LogP contribution in [0.2, 0.25) is 0 Å². The van der Waals surface area contributed by atoms with E-state index < -0.39 is 15.9 Å². The molecule has 1 fully saturated rings. The van der Waals surface area contributed by atoms with Crippen molar-refractivity contribution < 1.29 is 22.7 Å². The average Bonchev–Trinajstić information content (AvgIpc) is 3.22. The van der Waals surface area contributed by atoms with Gasteiger partial charge in [-0.1, -0.05) is 18.2 Å². The van der Waals surface area contributed by atoms with E-state index in [0.717, 1.165) is 0 Å². The van der Waals surface area contributed by atoms with Gasteiger partial charge in [0.15, 0.2) is 6.61 Å². The molecule has 0 saturated carbocycles. The van der Waals surface area contributed by atoms with Gasteiger partial charge in [-0.15, -0.1) is 11.3 Å². The molecular weight excluding hydrogens is 390 g/mol. The number of sulfonamides is 1. The summed E-state index contributed by atoms with van der Waals surface area (Å²) in [7, 11) is -3.51. The van der Waals surface area contributed by atoms with Crippen molar-refractivity contribution in [3.63, 3.8) is 0 Å². The number of hydrogen-bond acceptors (Lipinski definition) is 6. The second-order valence-electron chi connectivity index (χ2n) is 5.87. The fourth-order valence-corrected chi connectivity index (χ4v) is 5.31. The first-order valence-electron chi connectivity index (χ1n) is 8.22. The summed E-state index contributed by atoms with van der Waals surface area (Å²) >= 11 is 1.17. The van der Waals surface area contributed by atoms with Gasteiger partial charge in [0.25, 0.3) is 21.8 Å². The number of hydrogen-bond donors (Lipinski definition) is 1. The summed E-state index contributed by atoms with van der Waals surface area (Å²) in [5.74, 6) is -0.662. The maximum absolute atomic E-state index is 12.5. The number of carbonyl (C=O) groups is 2. The van der Waals surface area contributed by atoms with Crippen molar-refractivity contribution in [1.82, 2.24) is 9.21 Å². The molecule has 1 aromatic carbocycles. The van der Waals surface area contributed by atoms with Gasteiger partial charge in [0.05, 0.1) is 5.56 Å². The van der Waals surface area contributed by atoms with Crippen LogP contribution in [0.15, 0.2) is 46.0 Å². The van der Waals surface area contributed by atoms with Crippen molar-refractivity contribution >= 4 is 33.2 Å². The Morgan fingerprint density at radius 1 is 1.07 bits per heavy atom. The van der Waals surface area contributed by atoms with E-state index in [0.29, 0.717) is 4.21 Å². The summed E-state index contributed by atoms with van der Waals surface area (Å²) in [4.78, 5) is 25.3. The van der Waals surface area contributed by atoms with E-state index in [-0.39, 0.29) is 50.0 Å². The molecule has 1 aromatic heterocycles. The molecule has 0 atom stereocenters. The third-order valence-corrected chi connectivity index (χ3v) is 7.46. The molecule has 0 spiro atoms. The number of nitrogens with two attached hydrogens (primary N) is 1. The standard InChI is InChI=1S/C17H19N3O5S2/c18-17(22)13-4-1-2-5-14(13)25-12-15(21)19-7-9-20(10-8-19)27(23,24)16-6-3-11-26-16/h1-6,11H,7-10,12H2,(H2,18,22). The Kier molecular flexibility index (Phi) is 5.78. The quantitative estimate of drug-likeness (QED) is 0.757. The largest absolute Gasteiger partial charge is 0.483 e. The van der Waals surface area contributed by atoms with E-state index in [1.165, 1.54) is 21.7 Å². The van der Waals surface area contributed by atoms with Crippen LogP contribution < -0.4 is 10.5 Å². The number of rotatable bonds is 6. The van der Waals surface area contributed by atoms with Gasteiger partial charge in [0.1, 0.15) is 9.96 Å². The molecule has 0 aliphatic carbocycles. The smallest absolute Gasteiger partial charge is 0.260 e. The predicted octanol–water partition coefficient (Wildman–Crippen LogP) is 0.759. The zero-order valence-corrected chi connectivity index (χ0v) is 16.0. The van der Waals surface area contributed by atoms with Crippen molar-refractivity contribution in [2.75, 3.05) is 32.8 Å². The summed E-state index contributed by atoms with van der Waals surface area (Å²) in [6, 6.07) is 9.69. The molecule has 2 amide bonds. The number of amides is 2. The Labute approximate surface area is 161 Å². The highest BCUT2D eigenvalue weighted by atomic mass is 32.2. The Bertz CT molecular complexity index is 920. The number of primary amides is 1. The molecule has 0 unspecified atom stereocenters. The number of carbonyl (C=O) groups excluding carboxylic acids is 2. The van der Waals surface area contributed by atoms with Gasteiger partial charge in [-0.3, -0.25) is 9.59 Å². The molecule has 0 bridgehead atoms. The second-order valence-corrected chi connectivity index (χ2v) is 8.98. The molecule has 0 radical (unpaired) electrons. The summed E-state index contributed by atoms with van der Waals surface area (Å²) < 4.78 is 32.1. The number of nitrogens with zero attached hydrogens (tertiary/aromatic N) is 2. The van der Waals surface area contributed by atoms with Crippen LogP contribution in [0.25, 0.3) is 0 Å². The fourth-order valence-electron chi connectivity index (χ4n) is 2.74. The number of ether oxygens (including phenoxy) is 1. The van der Waals surface area contributed by atoms with Crippen molar-refractivity contribution in [3.05, 3.63) is 47.3 Å². The van der Waals surface area contributed by atoms with Crippen LogP contribution in [0.3, 0.4) is 0 Å². The minimum atomic E-state index is -3.51. The van der Waals surface area contributed by atoms with Crippen LogP contribution in [0.1, 0.15) is 10.4 Å². The van der Waals surface area contributed by atoms with Crippen molar-refractivity contribution in [2.24, 2.45) is 5.73 Å². The third kappa shape index (κ3) is 4.29. The molecule has 2 aromatic rings. The van der Waals surface area contributed by atoms with Crippen LogP contribution in [-0.2, 0) is 14.8 Å². The number of benzene rings is 1. The van der Waals surface area contributed by atoms with E-state index in [2.05, 4.69) is 0 Å². The van der Waals surface area contributed by atoms with Crippen molar-refractivity contribution in [3.8, 4) is 5.75 Å². The maximum Gasteiger partial charge on any atom is 0.260 e. The zero-order chi connectivity index (χ0) is 19.4. The monoisotopic (exact) mass is 409 g/mol. The average molecular weight is 409 g/mol. The van der Waals surface area contributed by atoms with Gasteiger partial charge < -0.3 is 15.4 Å². The molecular formula is C17H19N3O5S2. The van der Waals surface area contributed by atoms with Gasteiger partial charge in [-0.2, -0.15) is 4.31 Å². The van der Waals surface area contributed by atoms with E-state index in [9.17, 15) is 18.0 Å². The zero-order valence-electron chi connectivity index (χ0n) is 14.4. The van der Waals surface area contributed by atoms with Gasteiger partial charge in [0, 0.05) is 26.2 Å². The first-order valence-corrected chi connectivity index (χ1v) is 10.5. The van der Waals surface area contributed by atoms with E-state index in [4.69, 9.17) is 10.5 Å². The van der Waals surface area contributed by atoms with E-state index >= 15 is 0 Å². The minimum Gasteiger partial charge on any atom is -0.483 e. The molecule has 27 heavy (non-hydrogen) atoms. The lowest BCUT2D eigenvalue weighted by atomic mass is 10.2. The predicted molar refractivity (Wildman–Crippen MR) is 100 cm³/mol. The van der Waals surface area contributed by atoms with Crippen LogP contribution in [-0.4, -0.2) is 62.2 Å². The summed E-state index contributed by atoms with van der Waals surface area (Å²) in [6.07, 6.45) is 0. The third-order valence-electron chi connectivity index (χ3n) is 4.18. The fraction of sp³-hybridized carbons (Fsp3) is 0.294. The number of thiophene rings is 1. The number of para-hydroxylation sites is 1. The molecule has 144 valence electrons. The lowest BCUT2D eigenvalue weighted by Crippen LogP contribution is -2.51. The van der Waals surface area contributed by atoms with Crippen LogP contribution in [0.4, 0.5) is 0 Å². The molecule has 8 nitrogen and oxygen atoms in total. The van der Waals surface area contributed by atoms with Crippen LogP contribution in [0, 0.1) is 0 Å². The van der Waals surface area contributed by atoms with Gasteiger partial charge in [-0.25, -0.2) is 8.42 Å². The Hall–Kier alpha value is -2.43. The van der Waals surface area contributed by atoms with Crippen molar-refractivity contribution in [1.29, 1.82) is 0 Å². The highest BCUT2D eigenvalue weighted by molar-refractivity contribution is 7.91. The normalized spacial score (nSPS) is 15.5. The van der Waals surface area contributed by atoms with Gasteiger partial charge >= 0.3 is 0 Å². The highest BCUT2D eigenvalue weighted by Gasteiger charge is 2.30. The lowest BCUT2D eigenvalue weighted by molar-refractivity contribution is -0.134. The molecule has 1 saturated heterocycles. The van der Waals surface area contributed by atoms with E-state index in [1.54, 1.807) is 40.6 Å². The van der Waals surface area contributed by atoms with Crippen LogP contribution >= 0.6 is 11.3 Å². The molecule has 2 N–H and O–H groups in total. The minimum absolute atomic E-state index is 0.206. The molecule has 1 aliphatic rings. The molecule has 3 rings (SSSR count). The molecule has 10 heteroatoms. The highest BCUT2D eigenvalue weighted by Crippen LogP contribution is 2.22. The maximum atomic E-state index is 12.5. The second kappa shape index (κ2) is 8.07. The SMILES string of the molecule is NC(=O)c1ccccc1OCC(=O)N1CCN(S(=O)(=O)c2cccs2)CC1. The summed E-state index contributed by atoms with van der Waals surface area (Å²) in [5, 5.41) is 1.72. The molecule has 1 aliphatic heterocycles.